The molecule has 0 unspecified atom stereocenters. The van der Waals surface area contributed by atoms with Crippen molar-refractivity contribution in [2.24, 2.45) is 0 Å². The predicted molar refractivity (Wildman–Crippen MR) is 97.4 cm³/mol. The average molecular weight is 364 g/mol. The third-order valence-electron chi connectivity index (χ3n) is 4.80. The fourth-order valence-electron chi connectivity index (χ4n) is 3.39. The van der Waals surface area contributed by atoms with Crippen molar-refractivity contribution >= 4 is 11.7 Å². The molecule has 4 rings (SSSR count). The Morgan fingerprint density at radius 2 is 2.00 bits per heavy atom. The number of carbonyl (C=O) groups is 2. The number of hydrogen-bond donors (Lipinski definition) is 1. The van der Waals surface area contributed by atoms with Gasteiger partial charge in [0.2, 0.25) is 0 Å². The Balaban J connectivity index is 1.40. The van der Waals surface area contributed by atoms with Crippen molar-refractivity contribution in [3.8, 4) is 0 Å². The summed E-state index contributed by atoms with van der Waals surface area (Å²) in [6, 6.07) is 7.93. The van der Waals surface area contributed by atoms with E-state index in [4.69, 9.17) is 4.42 Å². The topological polar surface area (TPSA) is 90.0 Å². The van der Waals surface area contributed by atoms with E-state index < -0.39 is 0 Å². The highest BCUT2D eigenvalue weighted by molar-refractivity contribution is 6.03. The number of aryl methyl sites for hydroxylation is 1. The zero-order valence-corrected chi connectivity index (χ0v) is 15.1. The highest BCUT2D eigenvalue weighted by atomic mass is 16.4. The summed E-state index contributed by atoms with van der Waals surface area (Å²) in [6.45, 7) is 2.82. The molecule has 1 aliphatic rings. The zero-order valence-electron chi connectivity index (χ0n) is 15.1. The van der Waals surface area contributed by atoms with Crippen molar-refractivity contribution in [2.75, 3.05) is 0 Å². The van der Waals surface area contributed by atoms with Crippen LogP contribution in [-0.2, 0) is 19.5 Å². The molecule has 0 radical (unpaired) electrons. The highest BCUT2D eigenvalue weighted by Gasteiger charge is 2.28. The maximum Gasteiger partial charge on any atom is 0.287 e. The maximum absolute atomic E-state index is 12.5. The Labute approximate surface area is 156 Å². The molecule has 7 heteroatoms. The van der Waals surface area contributed by atoms with E-state index in [0.717, 1.165) is 17.5 Å². The van der Waals surface area contributed by atoms with Crippen LogP contribution in [0.3, 0.4) is 0 Å². The van der Waals surface area contributed by atoms with E-state index in [1.807, 2.05) is 24.3 Å². The molecule has 1 amide bonds. The lowest BCUT2D eigenvalue weighted by Gasteiger charge is -2.07. The van der Waals surface area contributed by atoms with Gasteiger partial charge in [-0.3, -0.25) is 9.59 Å². The fourth-order valence-corrected chi connectivity index (χ4v) is 3.39. The van der Waals surface area contributed by atoms with E-state index in [2.05, 4.69) is 15.4 Å². The molecular weight excluding hydrogens is 344 g/mol. The molecule has 2 heterocycles. The number of Topliss-reactive ketones (excluding diaryl/α,β-unsaturated/α-hetero) is 1. The van der Waals surface area contributed by atoms with E-state index in [1.54, 1.807) is 17.9 Å². The number of ketones is 1. The summed E-state index contributed by atoms with van der Waals surface area (Å²) in [5.41, 5.74) is 3.33. The second-order valence-corrected chi connectivity index (χ2v) is 6.72. The summed E-state index contributed by atoms with van der Waals surface area (Å²) >= 11 is 0. The van der Waals surface area contributed by atoms with E-state index in [0.29, 0.717) is 42.8 Å². The number of rotatable bonds is 5. The molecule has 0 atom stereocenters. The molecule has 1 aliphatic carbocycles. The zero-order chi connectivity index (χ0) is 18.8. The molecule has 0 fully saturated rings. The first-order valence-electron chi connectivity index (χ1n) is 8.95. The van der Waals surface area contributed by atoms with Gasteiger partial charge in [0.25, 0.3) is 5.91 Å². The van der Waals surface area contributed by atoms with Crippen molar-refractivity contribution in [3.63, 3.8) is 0 Å². The van der Waals surface area contributed by atoms with Gasteiger partial charge in [-0.25, -0.2) is 9.67 Å². The molecule has 0 spiro atoms. The molecule has 138 valence electrons. The number of nitrogens with zero attached hydrogens (tertiary/aromatic N) is 3. The van der Waals surface area contributed by atoms with Crippen LogP contribution in [0.5, 0.6) is 0 Å². The Morgan fingerprint density at radius 1 is 1.22 bits per heavy atom. The van der Waals surface area contributed by atoms with Crippen molar-refractivity contribution in [1.82, 2.24) is 20.1 Å². The van der Waals surface area contributed by atoms with Gasteiger partial charge < -0.3 is 9.73 Å². The van der Waals surface area contributed by atoms with Gasteiger partial charge in [0.15, 0.2) is 11.5 Å². The monoisotopic (exact) mass is 364 g/mol. The number of amides is 1. The van der Waals surface area contributed by atoms with Crippen molar-refractivity contribution in [2.45, 2.75) is 39.3 Å². The Hall–Kier alpha value is -3.22. The Kier molecular flexibility index (Phi) is 4.58. The summed E-state index contributed by atoms with van der Waals surface area (Å²) in [4.78, 5) is 28.5. The van der Waals surface area contributed by atoms with Gasteiger partial charge in [-0.05, 0) is 24.5 Å². The summed E-state index contributed by atoms with van der Waals surface area (Å²) < 4.78 is 7.44. The van der Waals surface area contributed by atoms with Crippen molar-refractivity contribution < 1.29 is 14.0 Å². The highest BCUT2D eigenvalue weighted by Crippen LogP contribution is 2.29. The molecule has 3 aromatic rings. The molecule has 0 saturated heterocycles. The van der Waals surface area contributed by atoms with Crippen molar-refractivity contribution in [3.05, 3.63) is 70.7 Å². The standard InChI is InChI=1S/C20H20N4O3/c1-13-18-16(25)3-2-4-17(18)27-19(13)20(26)22-9-14-5-7-15(8-6-14)10-24-12-21-11-23-24/h5-8,11-12H,2-4,9-10H2,1H3,(H,22,26). The minimum Gasteiger partial charge on any atom is -0.455 e. The first-order chi connectivity index (χ1) is 13.1. The first-order valence-corrected chi connectivity index (χ1v) is 8.95. The SMILES string of the molecule is Cc1c(C(=O)NCc2ccc(Cn3cncn3)cc2)oc2c1C(=O)CCC2. The van der Waals surface area contributed by atoms with Crippen LogP contribution in [-0.4, -0.2) is 26.5 Å². The molecule has 0 aliphatic heterocycles. The van der Waals surface area contributed by atoms with Crippen LogP contribution >= 0.6 is 0 Å². The summed E-state index contributed by atoms with van der Waals surface area (Å²) in [6.07, 6.45) is 5.19. The van der Waals surface area contributed by atoms with Gasteiger partial charge >= 0.3 is 0 Å². The van der Waals surface area contributed by atoms with E-state index in [-0.39, 0.29) is 17.5 Å². The third-order valence-corrected chi connectivity index (χ3v) is 4.80. The van der Waals surface area contributed by atoms with Crippen LogP contribution in [0.2, 0.25) is 0 Å². The Morgan fingerprint density at radius 3 is 2.70 bits per heavy atom. The smallest absolute Gasteiger partial charge is 0.287 e. The summed E-state index contributed by atoms with van der Waals surface area (Å²) in [5.74, 6) is 0.672. The van der Waals surface area contributed by atoms with Gasteiger partial charge in [0, 0.05) is 24.9 Å². The average Bonchev–Trinajstić information content (AvgIpc) is 3.29. The number of nitrogens with one attached hydrogen (secondary N) is 1. The molecule has 7 nitrogen and oxygen atoms in total. The quantitative estimate of drug-likeness (QED) is 0.752. The number of carbonyl (C=O) groups excluding carboxylic acids is 2. The van der Waals surface area contributed by atoms with Gasteiger partial charge in [-0.2, -0.15) is 5.10 Å². The normalized spacial score (nSPS) is 13.4. The maximum atomic E-state index is 12.5. The van der Waals surface area contributed by atoms with Gasteiger partial charge in [-0.1, -0.05) is 24.3 Å². The lowest BCUT2D eigenvalue weighted by Crippen LogP contribution is -2.23. The van der Waals surface area contributed by atoms with E-state index in [9.17, 15) is 9.59 Å². The van der Waals surface area contributed by atoms with Gasteiger partial charge in [-0.15, -0.1) is 0 Å². The molecular formula is C20H20N4O3. The largest absolute Gasteiger partial charge is 0.455 e. The lowest BCUT2D eigenvalue weighted by atomic mass is 9.94. The van der Waals surface area contributed by atoms with Gasteiger partial charge in [0.05, 0.1) is 12.1 Å². The van der Waals surface area contributed by atoms with Gasteiger partial charge in [0.1, 0.15) is 18.4 Å². The van der Waals surface area contributed by atoms with Crippen LogP contribution in [0.25, 0.3) is 0 Å². The summed E-state index contributed by atoms with van der Waals surface area (Å²) in [5, 5.41) is 6.96. The minimum absolute atomic E-state index is 0.0690. The van der Waals surface area contributed by atoms with Crippen LogP contribution in [0.4, 0.5) is 0 Å². The molecule has 27 heavy (non-hydrogen) atoms. The minimum atomic E-state index is -0.290. The number of hydrogen-bond acceptors (Lipinski definition) is 5. The van der Waals surface area contributed by atoms with Crippen LogP contribution in [0.1, 0.15) is 56.2 Å². The fraction of sp³-hybridized carbons (Fsp3) is 0.300. The number of furan rings is 1. The second kappa shape index (κ2) is 7.19. The molecule has 1 N–H and O–H groups in total. The predicted octanol–water partition coefficient (Wildman–Crippen LogP) is 2.68. The van der Waals surface area contributed by atoms with Crippen LogP contribution < -0.4 is 5.32 Å². The van der Waals surface area contributed by atoms with Crippen molar-refractivity contribution in [1.29, 1.82) is 0 Å². The third kappa shape index (κ3) is 3.53. The number of fused-ring (bicyclic) bond motifs is 1. The van der Waals surface area contributed by atoms with Crippen LogP contribution in [0, 0.1) is 6.92 Å². The second-order valence-electron chi connectivity index (χ2n) is 6.72. The number of aromatic nitrogens is 3. The van der Waals surface area contributed by atoms with Crippen LogP contribution in [0.15, 0.2) is 41.3 Å². The van der Waals surface area contributed by atoms with E-state index >= 15 is 0 Å². The number of benzene rings is 1. The first kappa shape index (κ1) is 17.2. The molecule has 0 bridgehead atoms. The molecule has 0 saturated carbocycles. The lowest BCUT2D eigenvalue weighted by molar-refractivity contribution is 0.0917. The molecule has 1 aromatic carbocycles. The molecule has 2 aromatic heterocycles. The Bertz CT molecular complexity index is 972. The van der Waals surface area contributed by atoms with E-state index in [1.165, 1.54) is 6.33 Å². The summed E-state index contributed by atoms with van der Waals surface area (Å²) in [7, 11) is 0.